The predicted molar refractivity (Wildman–Crippen MR) is 66.4 cm³/mol. The molecule has 2 heterocycles. The zero-order chi connectivity index (χ0) is 12.7. The van der Waals surface area contributed by atoms with Gasteiger partial charge in [0.2, 0.25) is 0 Å². The number of rotatable bonds is 0. The molecule has 1 amide bonds. The standard InChI is InChI=1S/C11H17BrN2O3/c1-10(2,3)16-9(15)14-5-4-11(7-14)6-8(12)13-17-11/h6,13H,4-5,7H2,1-3H3/t11-/m1/s1. The minimum absolute atomic E-state index is 0.283. The number of ether oxygens (including phenoxy) is 1. The highest BCUT2D eigenvalue weighted by Gasteiger charge is 2.44. The Labute approximate surface area is 109 Å². The number of nitrogens with zero attached hydrogens (tertiary/aromatic N) is 1. The second-order valence-electron chi connectivity index (χ2n) is 5.41. The summed E-state index contributed by atoms with van der Waals surface area (Å²) in [6.07, 6.45) is 2.44. The maximum Gasteiger partial charge on any atom is 0.410 e. The van der Waals surface area contributed by atoms with Gasteiger partial charge < -0.3 is 9.64 Å². The molecule has 17 heavy (non-hydrogen) atoms. The third-order valence-corrected chi connectivity index (χ3v) is 3.05. The molecule has 1 spiro atoms. The van der Waals surface area contributed by atoms with E-state index in [4.69, 9.17) is 9.57 Å². The van der Waals surface area contributed by atoms with E-state index in [1.165, 1.54) is 0 Å². The zero-order valence-corrected chi connectivity index (χ0v) is 11.8. The molecule has 96 valence electrons. The van der Waals surface area contributed by atoms with Gasteiger partial charge in [0.25, 0.3) is 0 Å². The number of halogens is 1. The van der Waals surface area contributed by atoms with Gasteiger partial charge in [-0.05, 0) is 42.8 Å². The lowest BCUT2D eigenvalue weighted by Gasteiger charge is -2.25. The largest absolute Gasteiger partial charge is 0.444 e. The first-order valence-corrected chi connectivity index (χ1v) is 6.39. The van der Waals surface area contributed by atoms with Crippen molar-refractivity contribution in [3.63, 3.8) is 0 Å². The number of carbonyl (C=O) groups excluding carboxylic acids is 1. The maximum atomic E-state index is 11.9. The van der Waals surface area contributed by atoms with E-state index in [-0.39, 0.29) is 6.09 Å². The van der Waals surface area contributed by atoms with Crippen molar-refractivity contribution in [2.75, 3.05) is 13.1 Å². The summed E-state index contributed by atoms with van der Waals surface area (Å²) in [5.41, 5.74) is 1.89. The van der Waals surface area contributed by atoms with Crippen LogP contribution in [0.1, 0.15) is 27.2 Å². The zero-order valence-electron chi connectivity index (χ0n) is 10.2. The average Bonchev–Trinajstić information content (AvgIpc) is 2.72. The van der Waals surface area contributed by atoms with Gasteiger partial charge in [0.1, 0.15) is 15.8 Å². The fourth-order valence-corrected chi connectivity index (χ4v) is 2.43. The number of nitrogens with one attached hydrogen (secondary N) is 1. The molecular weight excluding hydrogens is 288 g/mol. The van der Waals surface area contributed by atoms with Gasteiger partial charge in [0, 0.05) is 13.0 Å². The monoisotopic (exact) mass is 304 g/mol. The lowest BCUT2D eigenvalue weighted by molar-refractivity contribution is -0.0327. The van der Waals surface area contributed by atoms with Crippen molar-refractivity contribution in [2.24, 2.45) is 0 Å². The smallest absolute Gasteiger partial charge is 0.410 e. The van der Waals surface area contributed by atoms with Crippen LogP contribution in [0.2, 0.25) is 0 Å². The summed E-state index contributed by atoms with van der Waals surface area (Å²) in [7, 11) is 0. The number of hydrogen-bond donors (Lipinski definition) is 1. The molecule has 1 fully saturated rings. The van der Waals surface area contributed by atoms with E-state index in [0.29, 0.717) is 13.1 Å². The molecule has 0 aromatic rings. The van der Waals surface area contributed by atoms with Gasteiger partial charge in [-0.1, -0.05) is 0 Å². The van der Waals surface area contributed by atoms with E-state index in [9.17, 15) is 4.79 Å². The molecular formula is C11H17BrN2O3. The molecule has 1 saturated heterocycles. The molecule has 1 atom stereocenters. The molecule has 0 unspecified atom stereocenters. The second kappa shape index (κ2) is 4.17. The highest BCUT2D eigenvalue weighted by atomic mass is 79.9. The van der Waals surface area contributed by atoms with Crippen LogP contribution >= 0.6 is 15.9 Å². The van der Waals surface area contributed by atoms with Crippen LogP contribution in [0.25, 0.3) is 0 Å². The molecule has 0 saturated carbocycles. The van der Waals surface area contributed by atoms with E-state index in [0.717, 1.165) is 11.0 Å². The number of likely N-dealkylation sites (tertiary alicyclic amines) is 1. The van der Waals surface area contributed by atoms with Crippen LogP contribution in [0.5, 0.6) is 0 Å². The van der Waals surface area contributed by atoms with Crippen molar-refractivity contribution < 1.29 is 14.4 Å². The number of carbonyl (C=O) groups is 1. The van der Waals surface area contributed by atoms with E-state index in [1.54, 1.807) is 4.90 Å². The van der Waals surface area contributed by atoms with Crippen molar-refractivity contribution in [2.45, 2.75) is 38.4 Å². The lowest BCUT2D eigenvalue weighted by Crippen LogP contribution is -2.39. The molecule has 0 aromatic heterocycles. The average molecular weight is 305 g/mol. The highest BCUT2D eigenvalue weighted by molar-refractivity contribution is 9.11. The molecule has 0 aliphatic carbocycles. The molecule has 0 aromatic carbocycles. The van der Waals surface area contributed by atoms with Crippen molar-refractivity contribution in [3.8, 4) is 0 Å². The normalized spacial score (nSPS) is 28.2. The first kappa shape index (κ1) is 12.7. The van der Waals surface area contributed by atoms with Crippen LogP contribution in [0.15, 0.2) is 10.7 Å². The van der Waals surface area contributed by atoms with Crippen molar-refractivity contribution in [3.05, 3.63) is 10.7 Å². The summed E-state index contributed by atoms with van der Waals surface area (Å²) in [6.45, 7) is 6.75. The third-order valence-electron chi connectivity index (χ3n) is 2.66. The van der Waals surface area contributed by atoms with Crippen LogP contribution in [0, 0.1) is 0 Å². The van der Waals surface area contributed by atoms with Crippen LogP contribution in [-0.4, -0.2) is 35.3 Å². The Kier molecular flexibility index (Phi) is 3.12. The van der Waals surface area contributed by atoms with Gasteiger partial charge in [-0.15, -0.1) is 0 Å². The molecule has 6 heteroatoms. The molecule has 0 radical (unpaired) electrons. The van der Waals surface area contributed by atoms with Crippen LogP contribution in [0.3, 0.4) is 0 Å². The Morgan fingerprint density at radius 3 is 2.88 bits per heavy atom. The SMILES string of the molecule is CC(C)(C)OC(=O)N1CC[C@@]2(C=C(Br)NO2)C1. The Hall–Kier alpha value is -0.750. The predicted octanol–water partition coefficient (Wildman–Crippen LogP) is 2.14. The van der Waals surface area contributed by atoms with Gasteiger partial charge in [-0.2, -0.15) is 0 Å². The van der Waals surface area contributed by atoms with E-state index in [2.05, 4.69) is 21.4 Å². The summed E-state index contributed by atoms with van der Waals surface area (Å²) in [5, 5.41) is 0. The third kappa shape index (κ3) is 2.93. The summed E-state index contributed by atoms with van der Waals surface area (Å²) in [4.78, 5) is 19.0. The Morgan fingerprint density at radius 2 is 2.35 bits per heavy atom. The van der Waals surface area contributed by atoms with E-state index in [1.807, 2.05) is 26.8 Å². The summed E-state index contributed by atoms with van der Waals surface area (Å²) >= 11 is 3.32. The van der Waals surface area contributed by atoms with Crippen molar-refractivity contribution in [1.82, 2.24) is 10.4 Å². The maximum absolute atomic E-state index is 11.9. The summed E-state index contributed by atoms with van der Waals surface area (Å²) in [6, 6.07) is 0. The Balaban J connectivity index is 1.97. The van der Waals surface area contributed by atoms with Gasteiger partial charge in [-0.25, -0.2) is 4.79 Å². The first-order chi connectivity index (χ1) is 7.80. The minimum Gasteiger partial charge on any atom is -0.444 e. The molecule has 5 nitrogen and oxygen atoms in total. The van der Waals surface area contributed by atoms with Crippen LogP contribution in [-0.2, 0) is 9.57 Å². The minimum atomic E-state index is -0.460. The fourth-order valence-electron chi connectivity index (χ4n) is 1.93. The van der Waals surface area contributed by atoms with Crippen LogP contribution in [0.4, 0.5) is 4.79 Å². The number of amides is 1. The molecule has 0 bridgehead atoms. The first-order valence-electron chi connectivity index (χ1n) is 5.60. The van der Waals surface area contributed by atoms with Crippen molar-refractivity contribution >= 4 is 22.0 Å². The van der Waals surface area contributed by atoms with Crippen molar-refractivity contribution in [1.29, 1.82) is 0 Å². The molecule has 2 aliphatic heterocycles. The van der Waals surface area contributed by atoms with E-state index >= 15 is 0 Å². The molecule has 1 N–H and O–H groups in total. The van der Waals surface area contributed by atoms with Gasteiger partial charge in [0.15, 0.2) is 0 Å². The van der Waals surface area contributed by atoms with Gasteiger partial charge in [-0.3, -0.25) is 10.3 Å². The summed E-state index contributed by atoms with van der Waals surface area (Å²) in [5.74, 6) is 0. The molecule has 2 rings (SSSR count). The quantitative estimate of drug-likeness (QED) is 0.697. The second-order valence-corrected chi connectivity index (χ2v) is 6.27. The summed E-state index contributed by atoms with van der Waals surface area (Å²) < 4.78 is 6.14. The fraction of sp³-hybridized carbons (Fsp3) is 0.727. The lowest BCUT2D eigenvalue weighted by atomic mass is 10.0. The molecule has 2 aliphatic rings. The van der Waals surface area contributed by atoms with Gasteiger partial charge >= 0.3 is 6.09 Å². The Bertz CT molecular complexity index is 364. The highest BCUT2D eigenvalue weighted by Crippen LogP contribution is 2.32. The van der Waals surface area contributed by atoms with Gasteiger partial charge in [0.05, 0.1) is 6.54 Å². The van der Waals surface area contributed by atoms with E-state index < -0.39 is 11.2 Å². The van der Waals surface area contributed by atoms with Crippen LogP contribution < -0.4 is 5.48 Å². The Morgan fingerprint density at radius 1 is 1.65 bits per heavy atom. The number of hydroxylamine groups is 1. The number of hydrogen-bond acceptors (Lipinski definition) is 4. The topological polar surface area (TPSA) is 50.8 Å².